The topological polar surface area (TPSA) is 171 Å². The molecular formula is C18H34N4O6. The molecule has 6 atom stereocenters. The van der Waals surface area contributed by atoms with Crippen molar-refractivity contribution in [1.82, 2.24) is 16.0 Å². The summed E-state index contributed by atoms with van der Waals surface area (Å²) in [6.45, 7) is 9.81. The molecule has 6 unspecified atom stereocenters. The lowest BCUT2D eigenvalue weighted by atomic mass is 9.97. The molecule has 0 saturated heterocycles. The quantitative estimate of drug-likeness (QED) is 0.256. The lowest BCUT2D eigenvalue weighted by molar-refractivity contribution is -0.145. The molecule has 162 valence electrons. The van der Waals surface area contributed by atoms with Gasteiger partial charge in [0.15, 0.2) is 6.04 Å². The van der Waals surface area contributed by atoms with Crippen LogP contribution in [0.15, 0.2) is 0 Å². The molecule has 0 saturated carbocycles. The Kier molecular flexibility index (Phi) is 10.7. The highest BCUT2D eigenvalue weighted by Crippen LogP contribution is 2.08. The number of aliphatic carboxylic acids is 1. The van der Waals surface area contributed by atoms with E-state index < -0.39 is 54.0 Å². The number of carboxylic acids is 1. The van der Waals surface area contributed by atoms with Gasteiger partial charge in [0.05, 0.1) is 12.1 Å². The van der Waals surface area contributed by atoms with E-state index in [2.05, 4.69) is 16.0 Å². The average Bonchev–Trinajstić information content (AvgIpc) is 2.60. The van der Waals surface area contributed by atoms with Gasteiger partial charge in [-0.3, -0.25) is 14.4 Å². The van der Waals surface area contributed by atoms with Crippen LogP contribution >= 0.6 is 0 Å². The van der Waals surface area contributed by atoms with Gasteiger partial charge in [-0.05, 0) is 25.7 Å². The summed E-state index contributed by atoms with van der Waals surface area (Å²) < 4.78 is 0. The van der Waals surface area contributed by atoms with Crippen LogP contribution in [0.3, 0.4) is 0 Å². The van der Waals surface area contributed by atoms with Gasteiger partial charge in [0.1, 0.15) is 12.1 Å². The lowest BCUT2D eigenvalue weighted by Gasteiger charge is -2.27. The predicted octanol–water partition coefficient (Wildman–Crippen LogP) is -1.04. The van der Waals surface area contributed by atoms with Crippen molar-refractivity contribution >= 4 is 23.7 Å². The van der Waals surface area contributed by atoms with Crippen LogP contribution in [0.1, 0.15) is 48.0 Å². The Bertz CT molecular complexity index is 566. The summed E-state index contributed by atoms with van der Waals surface area (Å²) in [5.74, 6) is -3.55. The van der Waals surface area contributed by atoms with E-state index in [0.717, 1.165) is 0 Å². The van der Waals surface area contributed by atoms with Crippen molar-refractivity contribution in [2.75, 3.05) is 0 Å². The van der Waals surface area contributed by atoms with Crippen LogP contribution in [-0.2, 0) is 19.2 Å². The van der Waals surface area contributed by atoms with Crippen LogP contribution < -0.4 is 21.7 Å². The lowest BCUT2D eigenvalue weighted by Crippen LogP contribution is -2.59. The molecule has 0 aliphatic carbocycles. The van der Waals surface area contributed by atoms with Crippen molar-refractivity contribution in [3.8, 4) is 0 Å². The van der Waals surface area contributed by atoms with Crippen LogP contribution in [0.5, 0.6) is 0 Å². The van der Waals surface area contributed by atoms with E-state index in [4.69, 9.17) is 10.8 Å². The number of nitrogens with one attached hydrogen (secondary N) is 3. The second-order valence-electron chi connectivity index (χ2n) is 7.44. The predicted molar refractivity (Wildman–Crippen MR) is 103 cm³/mol. The maximum atomic E-state index is 12.5. The first-order chi connectivity index (χ1) is 12.8. The first-order valence-corrected chi connectivity index (χ1v) is 9.40. The van der Waals surface area contributed by atoms with Crippen molar-refractivity contribution in [2.24, 2.45) is 17.6 Å². The zero-order chi connectivity index (χ0) is 22.2. The van der Waals surface area contributed by atoms with E-state index in [1.807, 2.05) is 13.8 Å². The molecule has 0 bridgehead atoms. The Morgan fingerprint density at radius 1 is 0.857 bits per heavy atom. The van der Waals surface area contributed by atoms with E-state index in [1.165, 1.54) is 13.8 Å². The van der Waals surface area contributed by atoms with Crippen molar-refractivity contribution < 1.29 is 29.4 Å². The standard InChI is InChI=1S/C18H34N4O6/c1-7-9(4)12(19)16(25)21-13(8(2)3)17(26)20-10(5)15(24)22-14(11(6)23)18(27)28/h8-14,23H,7,19H2,1-6H3,(H,20,26)(H,21,25)(H,22,24)(H,27,28). The fourth-order valence-corrected chi connectivity index (χ4v) is 2.33. The van der Waals surface area contributed by atoms with Gasteiger partial charge >= 0.3 is 5.97 Å². The Morgan fingerprint density at radius 2 is 1.36 bits per heavy atom. The Morgan fingerprint density at radius 3 is 1.75 bits per heavy atom. The zero-order valence-corrected chi connectivity index (χ0v) is 17.4. The van der Waals surface area contributed by atoms with Crippen molar-refractivity contribution in [3.63, 3.8) is 0 Å². The Labute approximate surface area is 165 Å². The van der Waals surface area contributed by atoms with Crippen LogP contribution in [0, 0.1) is 11.8 Å². The molecule has 0 aromatic rings. The van der Waals surface area contributed by atoms with Gasteiger partial charge < -0.3 is 31.9 Å². The largest absolute Gasteiger partial charge is 0.480 e. The summed E-state index contributed by atoms with van der Waals surface area (Å²) in [5.41, 5.74) is 5.89. The number of rotatable bonds is 11. The Hall–Kier alpha value is -2.20. The van der Waals surface area contributed by atoms with Crippen LogP contribution in [0.4, 0.5) is 0 Å². The van der Waals surface area contributed by atoms with E-state index >= 15 is 0 Å². The molecule has 0 fully saturated rings. The maximum absolute atomic E-state index is 12.5. The number of nitrogens with two attached hydrogens (primary N) is 1. The minimum Gasteiger partial charge on any atom is -0.480 e. The number of hydrogen-bond donors (Lipinski definition) is 6. The molecule has 3 amide bonds. The summed E-state index contributed by atoms with van der Waals surface area (Å²) >= 11 is 0. The summed E-state index contributed by atoms with van der Waals surface area (Å²) in [6.07, 6.45) is -0.604. The molecule has 0 spiro atoms. The molecule has 7 N–H and O–H groups in total. The summed E-state index contributed by atoms with van der Waals surface area (Å²) in [4.78, 5) is 48.0. The first-order valence-electron chi connectivity index (χ1n) is 9.40. The number of carbonyl (C=O) groups is 4. The number of carboxylic acid groups (broad SMARTS) is 1. The normalized spacial score (nSPS) is 17.6. The van der Waals surface area contributed by atoms with Gasteiger partial charge in [-0.1, -0.05) is 34.1 Å². The molecule has 0 aromatic heterocycles. The zero-order valence-electron chi connectivity index (χ0n) is 17.4. The van der Waals surface area contributed by atoms with Crippen LogP contribution in [-0.4, -0.2) is 64.2 Å². The number of aliphatic hydroxyl groups is 1. The van der Waals surface area contributed by atoms with Crippen molar-refractivity contribution in [2.45, 2.75) is 78.2 Å². The summed E-state index contributed by atoms with van der Waals surface area (Å²) in [5, 5.41) is 25.7. The maximum Gasteiger partial charge on any atom is 0.328 e. The number of hydrogen-bond acceptors (Lipinski definition) is 6. The van der Waals surface area contributed by atoms with E-state index in [0.29, 0.717) is 6.42 Å². The number of aliphatic hydroxyl groups excluding tert-OH is 1. The van der Waals surface area contributed by atoms with Crippen LogP contribution in [0.25, 0.3) is 0 Å². The van der Waals surface area contributed by atoms with Gasteiger partial charge in [0, 0.05) is 0 Å². The van der Waals surface area contributed by atoms with E-state index in [9.17, 15) is 24.3 Å². The summed E-state index contributed by atoms with van der Waals surface area (Å²) in [7, 11) is 0. The van der Waals surface area contributed by atoms with E-state index in [-0.39, 0.29) is 11.8 Å². The highest BCUT2D eigenvalue weighted by molar-refractivity contribution is 5.94. The highest BCUT2D eigenvalue weighted by Gasteiger charge is 2.31. The molecule has 0 rings (SSSR count). The fraction of sp³-hybridized carbons (Fsp3) is 0.778. The van der Waals surface area contributed by atoms with Crippen LogP contribution in [0.2, 0.25) is 0 Å². The third-order valence-corrected chi connectivity index (χ3v) is 4.60. The van der Waals surface area contributed by atoms with Gasteiger partial charge in [-0.25, -0.2) is 4.79 Å². The number of carbonyl (C=O) groups excluding carboxylic acids is 3. The smallest absolute Gasteiger partial charge is 0.328 e. The first kappa shape index (κ1) is 25.8. The van der Waals surface area contributed by atoms with Gasteiger partial charge in [0.2, 0.25) is 17.7 Å². The number of amides is 3. The highest BCUT2D eigenvalue weighted by atomic mass is 16.4. The third-order valence-electron chi connectivity index (χ3n) is 4.60. The molecule has 0 aromatic carbocycles. The SMILES string of the molecule is CCC(C)C(N)C(=O)NC(C(=O)NC(C)C(=O)NC(C(=O)O)C(C)O)C(C)C. The molecule has 0 aliphatic heterocycles. The average molecular weight is 402 g/mol. The molecule has 0 aliphatic rings. The molecule has 0 heterocycles. The van der Waals surface area contributed by atoms with Gasteiger partial charge in [0.25, 0.3) is 0 Å². The Balaban J connectivity index is 5.03. The molecule has 0 radical (unpaired) electrons. The van der Waals surface area contributed by atoms with Crippen molar-refractivity contribution in [3.05, 3.63) is 0 Å². The minimum absolute atomic E-state index is 0.0611. The molecule has 28 heavy (non-hydrogen) atoms. The van der Waals surface area contributed by atoms with Crippen molar-refractivity contribution in [1.29, 1.82) is 0 Å². The second-order valence-corrected chi connectivity index (χ2v) is 7.44. The third kappa shape index (κ3) is 7.81. The molecule has 10 nitrogen and oxygen atoms in total. The molecule has 10 heteroatoms. The fourth-order valence-electron chi connectivity index (χ4n) is 2.33. The summed E-state index contributed by atoms with van der Waals surface area (Å²) in [6, 6.07) is -4.25. The minimum atomic E-state index is -1.50. The molecular weight excluding hydrogens is 368 g/mol. The van der Waals surface area contributed by atoms with E-state index in [1.54, 1.807) is 13.8 Å². The second kappa shape index (κ2) is 11.6. The van der Waals surface area contributed by atoms with Gasteiger partial charge in [-0.2, -0.15) is 0 Å². The monoisotopic (exact) mass is 402 g/mol. The van der Waals surface area contributed by atoms with Gasteiger partial charge in [-0.15, -0.1) is 0 Å².